The van der Waals surface area contributed by atoms with Gasteiger partial charge in [-0.25, -0.2) is 0 Å². The number of halogens is 3. The Bertz CT molecular complexity index is 525. The summed E-state index contributed by atoms with van der Waals surface area (Å²) in [6, 6.07) is 4.11. The van der Waals surface area contributed by atoms with Crippen LogP contribution in [0.5, 0.6) is 0 Å². The summed E-state index contributed by atoms with van der Waals surface area (Å²) in [7, 11) is 0. The Morgan fingerprint density at radius 3 is 2.10 bits per heavy atom. The molecule has 2 nitrogen and oxygen atoms in total. The number of ketones is 1. The zero-order valence-corrected chi connectivity index (χ0v) is 11.2. The molecule has 5 heteroatoms. The van der Waals surface area contributed by atoms with Crippen molar-refractivity contribution >= 4 is 5.78 Å². The summed E-state index contributed by atoms with van der Waals surface area (Å²) < 4.78 is 37.2. The van der Waals surface area contributed by atoms with Gasteiger partial charge in [-0.3, -0.25) is 4.79 Å². The van der Waals surface area contributed by atoms with Crippen LogP contribution in [0.3, 0.4) is 0 Å². The molecule has 1 aromatic carbocycles. The Hall–Kier alpha value is -2.04. The first-order valence-corrected chi connectivity index (χ1v) is 6.07. The minimum atomic E-state index is -4.40. The van der Waals surface area contributed by atoms with Gasteiger partial charge in [0.25, 0.3) is 0 Å². The number of benzene rings is 1. The monoisotopic (exact) mass is 283 g/mol. The standard InChI is InChI=1S/C15H16F3NO/c1-10(2)12(9-19)5-8-14(20)11-3-6-13(7-4-11)15(16,17)18/h3-10H,19H2,1-2H3/b8-5-,12-9-. The molecule has 0 aromatic heterocycles. The lowest BCUT2D eigenvalue weighted by molar-refractivity contribution is -0.137. The highest BCUT2D eigenvalue weighted by Crippen LogP contribution is 2.29. The van der Waals surface area contributed by atoms with Gasteiger partial charge in [-0.1, -0.05) is 32.1 Å². The van der Waals surface area contributed by atoms with Crippen molar-refractivity contribution in [1.82, 2.24) is 0 Å². The Labute approximate surface area is 115 Å². The van der Waals surface area contributed by atoms with Crippen LogP contribution in [-0.4, -0.2) is 5.78 Å². The molecular weight excluding hydrogens is 267 g/mol. The van der Waals surface area contributed by atoms with E-state index in [0.717, 1.165) is 29.8 Å². The van der Waals surface area contributed by atoms with Gasteiger partial charge in [-0.15, -0.1) is 0 Å². The van der Waals surface area contributed by atoms with Gasteiger partial charge in [0.1, 0.15) is 0 Å². The molecule has 0 amide bonds. The van der Waals surface area contributed by atoms with Gasteiger partial charge in [0.05, 0.1) is 5.56 Å². The number of rotatable bonds is 4. The van der Waals surface area contributed by atoms with Crippen molar-refractivity contribution in [2.45, 2.75) is 20.0 Å². The second-order valence-corrected chi connectivity index (χ2v) is 4.59. The van der Waals surface area contributed by atoms with Crippen LogP contribution in [0.2, 0.25) is 0 Å². The second kappa shape index (κ2) is 6.41. The molecule has 0 aliphatic rings. The molecule has 108 valence electrons. The Kier molecular flexibility index (Phi) is 5.13. The maximum absolute atomic E-state index is 12.4. The Morgan fingerprint density at radius 1 is 1.15 bits per heavy atom. The molecule has 2 N–H and O–H groups in total. The summed E-state index contributed by atoms with van der Waals surface area (Å²) in [5, 5.41) is 0. The fourth-order valence-corrected chi connectivity index (χ4v) is 1.53. The van der Waals surface area contributed by atoms with Crippen LogP contribution in [0.4, 0.5) is 13.2 Å². The van der Waals surface area contributed by atoms with Crippen LogP contribution in [0.25, 0.3) is 0 Å². The third-order valence-corrected chi connectivity index (χ3v) is 2.78. The van der Waals surface area contributed by atoms with E-state index in [1.165, 1.54) is 12.3 Å². The van der Waals surface area contributed by atoms with Crippen molar-refractivity contribution in [2.75, 3.05) is 0 Å². The molecule has 1 rings (SSSR count). The van der Waals surface area contributed by atoms with Crippen molar-refractivity contribution in [3.63, 3.8) is 0 Å². The van der Waals surface area contributed by atoms with Gasteiger partial charge in [-0.2, -0.15) is 13.2 Å². The van der Waals surface area contributed by atoms with Crippen molar-refractivity contribution in [1.29, 1.82) is 0 Å². The Morgan fingerprint density at radius 2 is 1.70 bits per heavy atom. The number of nitrogens with two attached hydrogens (primary N) is 1. The van der Waals surface area contributed by atoms with E-state index in [9.17, 15) is 18.0 Å². The lowest BCUT2D eigenvalue weighted by Crippen LogP contribution is -2.05. The number of carbonyl (C=O) groups is 1. The van der Waals surface area contributed by atoms with E-state index < -0.39 is 11.7 Å². The first-order chi connectivity index (χ1) is 9.25. The number of allylic oxidation sites excluding steroid dienone is 3. The number of hydrogen-bond donors (Lipinski definition) is 1. The van der Waals surface area contributed by atoms with E-state index >= 15 is 0 Å². The summed E-state index contributed by atoms with van der Waals surface area (Å²) in [6.45, 7) is 3.84. The van der Waals surface area contributed by atoms with Gasteiger partial charge < -0.3 is 5.73 Å². The van der Waals surface area contributed by atoms with Gasteiger partial charge in [0.15, 0.2) is 5.78 Å². The maximum Gasteiger partial charge on any atom is 0.416 e. The molecule has 0 radical (unpaired) electrons. The molecule has 0 spiro atoms. The smallest absolute Gasteiger partial charge is 0.404 e. The van der Waals surface area contributed by atoms with Gasteiger partial charge in [0.2, 0.25) is 0 Å². The molecule has 0 bridgehead atoms. The molecule has 0 aliphatic carbocycles. The molecule has 1 aromatic rings. The maximum atomic E-state index is 12.4. The molecule has 0 atom stereocenters. The molecule has 0 fully saturated rings. The van der Waals surface area contributed by atoms with E-state index in [1.54, 1.807) is 6.08 Å². The average molecular weight is 283 g/mol. The number of carbonyl (C=O) groups excluding carboxylic acids is 1. The van der Waals surface area contributed by atoms with Crippen molar-refractivity contribution < 1.29 is 18.0 Å². The zero-order chi connectivity index (χ0) is 15.3. The van der Waals surface area contributed by atoms with Gasteiger partial charge >= 0.3 is 6.18 Å². The third-order valence-electron chi connectivity index (χ3n) is 2.78. The highest BCUT2D eigenvalue weighted by Gasteiger charge is 2.30. The Balaban J connectivity index is 2.86. The molecule has 0 saturated heterocycles. The van der Waals surface area contributed by atoms with E-state index in [2.05, 4.69) is 0 Å². The van der Waals surface area contributed by atoms with Crippen LogP contribution in [-0.2, 0) is 6.18 Å². The predicted molar refractivity (Wildman–Crippen MR) is 72.0 cm³/mol. The molecular formula is C15H16F3NO. The molecule has 20 heavy (non-hydrogen) atoms. The number of alkyl halides is 3. The van der Waals surface area contributed by atoms with Crippen LogP contribution in [0.15, 0.2) is 48.2 Å². The number of hydrogen-bond acceptors (Lipinski definition) is 2. The topological polar surface area (TPSA) is 43.1 Å². The predicted octanol–water partition coefficient (Wildman–Crippen LogP) is 3.94. The van der Waals surface area contributed by atoms with E-state index in [1.807, 2.05) is 13.8 Å². The second-order valence-electron chi connectivity index (χ2n) is 4.59. The van der Waals surface area contributed by atoms with Crippen LogP contribution in [0, 0.1) is 5.92 Å². The molecule has 0 unspecified atom stereocenters. The van der Waals surface area contributed by atoms with Crippen LogP contribution >= 0.6 is 0 Å². The third kappa shape index (κ3) is 4.26. The first kappa shape index (κ1) is 16.0. The average Bonchev–Trinajstić information content (AvgIpc) is 2.38. The normalized spacial score (nSPS) is 13.2. The van der Waals surface area contributed by atoms with E-state index in [-0.39, 0.29) is 17.3 Å². The minimum Gasteiger partial charge on any atom is -0.404 e. The van der Waals surface area contributed by atoms with E-state index in [0.29, 0.717) is 0 Å². The quantitative estimate of drug-likeness (QED) is 0.516. The lowest BCUT2D eigenvalue weighted by Gasteiger charge is -2.06. The minimum absolute atomic E-state index is 0.164. The summed E-state index contributed by atoms with van der Waals surface area (Å²) in [5.74, 6) is -0.199. The van der Waals surface area contributed by atoms with E-state index in [4.69, 9.17) is 5.73 Å². The van der Waals surface area contributed by atoms with Crippen LogP contribution in [0.1, 0.15) is 29.8 Å². The van der Waals surface area contributed by atoms with Gasteiger partial charge in [-0.05, 0) is 35.9 Å². The summed E-state index contributed by atoms with van der Waals surface area (Å²) in [5.41, 5.74) is 5.63. The molecule has 0 saturated carbocycles. The highest BCUT2D eigenvalue weighted by molar-refractivity contribution is 6.04. The highest BCUT2D eigenvalue weighted by atomic mass is 19.4. The summed E-state index contributed by atoms with van der Waals surface area (Å²) in [6.07, 6.45) is -0.113. The summed E-state index contributed by atoms with van der Waals surface area (Å²) >= 11 is 0. The SMILES string of the molecule is CC(C)C(/C=C\C(=O)c1ccc(C(F)(F)F)cc1)=C\N. The van der Waals surface area contributed by atoms with Gasteiger partial charge in [0, 0.05) is 5.56 Å². The van der Waals surface area contributed by atoms with Crippen LogP contribution < -0.4 is 5.73 Å². The van der Waals surface area contributed by atoms with Crippen molar-refractivity contribution in [2.24, 2.45) is 11.7 Å². The lowest BCUT2D eigenvalue weighted by atomic mass is 10.0. The van der Waals surface area contributed by atoms with Crippen molar-refractivity contribution in [3.8, 4) is 0 Å². The fourth-order valence-electron chi connectivity index (χ4n) is 1.53. The molecule has 0 aliphatic heterocycles. The zero-order valence-electron chi connectivity index (χ0n) is 11.2. The first-order valence-electron chi connectivity index (χ1n) is 6.07. The molecule has 0 heterocycles. The fraction of sp³-hybridized carbons (Fsp3) is 0.267. The largest absolute Gasteiger partial charge is 0.416 e. The summed E-state index contributed by atoms with van der Waals surface area (Å²) in [4.78, 5) is 11.8. The van der Waals surface area contributed by atoms with Crippen molar-refractivity contribution in [3.05, 3.63) is 59.3 Å².